The molecule has 2 atom stereocenters. The number of hydrogen-bond acceptors (Lipinski definition) is 3. The lowest BCUT2D eigenvalue weighted by Crippen LogP contribution is -2.40. The Bertz CT molecular complexity index is 502. The molecule has 1 aromatic rings. The van der Waals surface area contributed by atoms with Gasteiger partial charge in [0.15, 0.2) is 6.61 Å². The number of benzene rings is 1. The molecule has 6 heteroatoms. The fraction of sp³-hybridized carbons (Fsp3) is 0.429. The smallest absolute Gasteiger partial charge is 0.308 e. The molecule has 0 aliphatic carbocycles. The molecule has 1 aliphatic rings. The van der Waals surface area contributed by atoms with Crippen LogP contribution in [0.25, 0.3) is 0 Å². The van der Waals surface area contributed by atoms with Gasteiger partial charge in [0, 0.05) is 12.6 Å². The van der Waals surface area contributed by atoms with Crippen LogP contribution in [0.2, 0.25) is 0 Å². The first-order valence-electron chi connectivity index (χ1n) is 6.39. The number of ether oxygens (including phenoxy) is 1. The maximum atomic E-state index is 12.7. The summed E-state index contributed by atoms with van der Waals surface area (Å²) in [5.74, 6) is -1.63. The molecule has 5 nitrogen and oxygen atoms in total. The number of carboxylic acids is 1. The Morgan fingerprint density at radius 3 is 2.60 bits per heavy atom. The van der Waals surface area contributed by atoms with Gasteiger partial charge in [0.2, 0.25) is 0 Å². The number of nitrogens with zero attached hydrogens (tertiary/aromatic N) is 1. The van der Waals surface area contributed by atoms with Crippen molar-refractivity contribution in [3.05, 3.63) is 30.1 Å². The molecule has 0 radical (unpaired) electrons. The van der Waals surface area contributed by atoms with Crippen LogP contribution in [-0.4, -0.2) is 41.1 Å². The monoisotopic (exact) mass is 281 g/mol. The first-order valence-corrected chi connectivity index (χ1v) is 6.39. The van der Waals surface area contributed by atoms with Crippen molar-refractivity contribution < 1.29 is 23.8 Å². The van der Waals surface area contributed by atoms with E-state index in [1.54, 1.807) is 6.92 Å². The van der Waals surface area contributed by atoms with Gasteiger partial charge in [0.1, 0.15) is 11.6 Å². The van der Waals surface area contributed by atoms with Crippen LogP contribution in [0.1, 0.15) is 13.3 Å². The number of amides is 1. The Morgan fingerprint density at radius 2 is 2.05 bits per heavy atom. The number of carbonyl (C=O) groups excluding carboxylic acids is 1. The predicted octanol–water partition coefficient (Wildman–Crippen LogP) is 1.53. The molecule has 0 saturated carbocycles. The van der Waals surface area contributed by atoms with Crippen molar-refractivity contribution in [2.45, 2.75) is 19.4 Å². The van der Waals surface area contributed by atoms with Gasteiger partial charge in [-0.3, -0.25) is 9.59 Å². The van der Waals surface area contributed by atoms with Crippen molar-refractivity contribution >= 4 is 11.9 Å². The summed E-state index contributed by atoms with van der Waals surface area (Å²) < 4.78 is 18.0. The Kier molecular flexibility index (Phi) is 4.22. The highest BCUT2D eigenvalue weighted by atomic mass is 19.1. The summed E-state index contributed by atoms with van der Waals surface area (Å²) in [5, 5.41) is 9.01. The predicted molar refractivity (Wildman–Crippen MR) is 68.8 cm³/mol. The van der Waals surface area contributed by atoms with Gasteiger partial charge < -0.3 is 14.7 Å². The van der Waals surface area contributed by atoms with E-state index >= 15 is 0 Å². The molecule has 1 fully saturated rings. The highest BCUT2D eigenvalue weighted by Crippen LogP contribution is 2.24. The van der Waals surface area contributed by atoms with E-state index in [-0.39, 0.29) is 24.4 Å². The maximum absolute atomic E-state index is 12.7. The number of carboxylic acid groups (broad SMARTS) is 1. The third kappa shape index (κ3) is 3.07. The quantitative estimate of drug-likeness (QED) is 0.908. The molecule has 20 heavy (non-hydrogen) atoms. The van der Waals surface area contributed by atoms with Gasteiger partial charge in [-0.2, -0.15) is 0 Å². The highest BCUT2D eigenvalue weighted by Gasteiger charge is 2.38. The van der Waals surface area contributed by atoms with Gasteiger partial charge in [0.05, 0.1) is 5.92 Å². The van der Waals surface area contributed by atoms with Crippen LogP contribution in [0, 0.1) is 11.7 Å². The van der Waals surface area contributed by atoms with E-state index in [2.05, 4.69) is 0 Å². The minimum Gasteiger partial charge on any atom is -0.484 e. The molecular formula is C14H16FNO4. The van der Waals surface area contributed by atoms with Crippen molar-refractivity contribution in [2.75, 3.05) is 13.2 Å². The maximum Gasteiger partial charge on any atom is 0.308 e. The van der Waals surface area contributed by atoms with Gasteiger partial charge in [-0.1, -0.05) is 0 Å². The van der Waals surface area contributed by atoms with Gasteiger partial charge in [-0.25, -0.2) is 4.39 Å². The van der Waals surface area contributed by atoms with Crippen LogP contribution >= 0.6 is 0 Å². The molecule has 0 bridgehead atoms. The standard InChI is InChI=1S/C14H16FNO4/c1-9-12(14(18)19)6-7-16(9)13(17)8-20-11-4-2-10(15)3-5-11/h2-5,9,12H,6-8H2,1H3,(H,18,19). The number of halogens is 1. The number of rotatable bonds is 4. The number of hydrogen-bond donors (Lipinski definition) is 1. The molecule has 1 aromatic carbocycles. The van der Waals surface area contributed by atoms with Crippen LogP contribution in [-0.2, 0) is 9.59 Å². The second-order valence-electron chi connectivity index (χ2n) is 4.80. The summed E-state index contributed by atoms with van der Waals surface area (Å²) in [6.07, 6.45) is 0.457. The Hall–Kier alpha value is -2.11. The average Bonchev–Trinajstić information content (AvgIpc) is 2.80. The second kappa shape index (κ2) is 5.90. The number of aliphatic carboxylic acids is 1. The fourth-order valence-corrected chi connectivity index (χ4v) is 2.38. The lowest BCUT2D eigenvalue weighted by atomic mass is 10.0. The molecule has 1 aliphatic heterocycles. The van der Waals surface area contributed by atoms with Crippen LogP contribution in [0.15, 0.2) is 24.3 Å². The molecule has 1 heterocycles. The molecule has 2 rings (SSSR count). The second-order valence-corrected chi connectivity index (χ2v) is 4.80. The number of likely N-dealkylation sites (tertiary alicyclic amines) is 1. The minimum absolute atomic E-state index is 0.178. The molecule has 2 unspecified atom stereocenters. The van der Waals surface area contributed by atoms with E-state index in [4.69, 9.17) is 9.84 Å². The van der Waals surface area contributed by atoms with Gasteiger partial charge in [-0.15, -0.1) is 0 Å². The SMILES string of the molecule is CC1C(C(=O)O)CCN1C(=O)COc1ccc(F)cc1. The Morgan fingerprint density at radius 1 is 1.40 bits per heavy atom. The zero-order chi connectivity index (χ0) is 14.7. The molecule has 1 saturated heterocycles. The van der Waals surface area contributed by atoms with E-state index in [1.807, 2.05) is 0 Å². The molecule has 1 N–H and O–H groups in total. The fourth-order valence-electron chi connectivity index (χ4n) is 2.38. The summed E-state index contributed by atoms with van der Waals surface area (Å²) in [6, 6.07) is 5.04. The minimum atomic E-state index is -0.882. The van der Waals surface area contributed by atoms with Crippen molar-refractivity contribution in [1.29, 1.82) is 0 Å². The molecule has 0 spiro atoms. The van der Waals surface area contributed by atoms with Crippen LogP contribution in [0.4, 0.5) is 4.39 Å². The van der Waals surface area contributed by atoms with E-state index in [1.165, 1.54) is 29.2 Å². The van der Waals surface area contributed by atoms with E-state index in [0.717, 1.165) is 0 Å². The van der Waals surface area contributed by atoms with Crippen LogP contribution in [0.3, 0.4) is 0 Å². The van der Waals surface area contributed by atoms with Gasteiger partial charge >= 0.3 is 5.97 Å². The zero-order valence-corrected chi connectivity index (χ0v) is 11.1. The normalized spacial score (nSPS) is 21.8. The number of carbonyl (C=O) groups is 2. The molecule has 1 amide bonds. The van der Waals surface area contributed by atoms with Gasteiger partial charge in [0.25, 0.3) is 5.91 Å². The topological polar surface area (TPSA) is 66.8 Å². The Balaban J connectivity index is 1.89. The third-order valence-electron chi connectivity index (χ3n) is 3.57. The zero-order valence-electron chi connectivity index (χ0n) is 11.1. The van der Waals surface area contributed by atoms with Crippen LogP contribution in [0.5, 0.6) is 5.75 Å². The first kappa shape index (κ1) is 14.3. The van der Waals surface area contributed by atoms with Crippen LogP contribution < -0.4 is 4.74 Å². The lowest BCUT2D eigenvalue weighted by molar-refractivity contribution is -0.143. The molecule has 108 valence electrons. The van der Waals surface area contributed by atoms with Crippen molar-refractivity contribution in [3.8, 4) is 5.75 Å². The summed E-state index contributed by atoms with van der Waals surface area (Å²) in [4.78, 5) is 24.5. The first-order chi connectivity index (χ1) is 9.49. The van der Waals surface area contributed by atoms with Gasteiger partial charge in [-0.05, 0) is 37.6 Å². The molecule has 0 aromatic heterocycles. The summed E-state index contributed by atoms with van der Waals surface area (Å²) >= 11 is 0. The average molecular weight is 281 g/mol. The Labute approximate surface area is 116 Å². The lowest BCUT2D eigenvalue weighted by Gasteiger charge is -2.23. The summed E-state index contributed by atoms with van der Waals surface area (Å²) in [7, 11) is 0. The largest absolute Gasteiger partial charge is 0.484 e. The van der Waals surface area contributed by atoms with Crippen molar-refractivity contribution in [1.82, 2.24) is 4.90 Å². The van der Waals surface area contributed by atoms with E-state index in [0.29, 0.717) is 18.7 Å². The highest BCUT2D eigenvalue weighted by molar-refractivity contribution is 5.80. The van der Waals surface area contributed by atoms with E-state index < -0.39 is 11.9 Å². The van der Waals surface area contributed by atoms with Crippen molar-refractivity contribution in [3.63, 3.8) is 0 Å². The summed E-state index contributed by atoms with van der Waals surface area (Å²) in [5.41, 5.74) is 0. The summed E-state index contributed by atoms with van der Waals surface area (Å²) in [6.45, 7) is 1.97. The third-order valence-corrected chi connectivity index (χ3v) is 3.57. The van der Waals surface area contributed by atoms with E-state index in [9.17, 15) is 14.0 Å². The molecular weight excluding hydrogens is 265 g/mol. The van der Waals surface area contributed by atoms with Crippen molar-refractivity contribution in [2.24, 2.45) is 5.92 Å².